The maximum Gasteiger partial charge on any atom is 0.250 e. The monoisotopic (exact) mass is 389 g/mol. The van der Waals surface area contributed by atoms with Gasteiger partial charge in [0.15, 0.2) is 0 Å². The summed E-state index contributed by atoms with van der Waals surface area (Å²) in [6.07, 6.45) is -1.61. The normalized spacial score (nSPS) is 23.8. The van der Waals surface area contributed by atoms with Crippen LogP contribution in [0.5, 0.6) is 0 Å². The Hall–Kier alpha value is -1.79. The molecule has 25 heavy (non-hydrogen) atoms. The number of nitrogens with two attached hydrogens (primary N) is 1. The Kier molecular flexibility index (Phi) is 6.30. The third-order valence-corrected chi connectivity index (χ3v) is 6.43. The van der Waals surface area contributed by atoms with Crippen molar-refractivity contribution in [1.82, 2.24) is 10.0 Å². The van der Waals surface area contributed by atoms with E-state index in [1.54, 1.807) is 11.4 Å². The predicted molar refractivity (Wildman–Crippen MR) is 90.0 cm³/mol. The molecule has 6 N–H and O–H groups in total. The highest BCUT2D eigenvalue weighted by molar-refractivity contribution is 7.91. The molecule has 2 amide bonds. The average molecular weight is 389 g/mol. The highest BCUT2D eigenvalue weighted by Crippen LogP contribution is 2.23. The molecule has 0 aliphatic heterocycles. The average Bonchev–Trinajstić information content (AvgIpc) is 3.06. The van der Waals surface area contributed by atoms with Gasteiger partial charge in [0.25, 0.3) is 10.0 Å². The standard InChI is InChI=1S/C14H19N3O6S2/c15-11(19)3-4-16-14(21)8-6-9(13(20)10(18)7-8)17-25(22,23)12-2-1-5-24-12/h1-2,5-6,9-10,13,17-18,20H,3-4,7H2,(H2,15,19)(H,16,21)/t9-,10-,13-/m1/s1. The molecule has 0 aromatic carbocycles. The Labute approximate surface area is 148 Å². The van der Waals surface area contributed by atoms with Crippen molar-refractivity contribution >= 4 is 33.2 Å². The molecule has 11 heteroatoms. The number of thiophene rings is 1. The van der Waals surface area contributed by atoms with Gasteiger partial charge >= 0.3 is 0 Å². The number of hydrogen-bond acceptors (Lipinski definition) is 7. The zero-order valence-electron chi connectivity index (χ0n) is 13.1. The van der Waals surface area contributed by atoms with E-state index < -0.39 is 40.1 Å². The fourth-order valence-corrected chi connectivity index (χ4v) is 4.51. The number of amides is 2. The molecular weight excluding hydrogens is 370 g/mol. The molecular formula is C14H19N3O6S2. The third-order valence-electron chi connectivity index (χ3n) is 3.57. The number of aliphatic hydroxyl groups is 2. The Morgan fingerprint density at radius 1 is 1.36 bits per heavy atom. The summed E-state index contributed by atoms with van der Waals surface area (Å²) in [5, 5.41) is 24.0. The largest absolute Gasteiger partial charge is 0.390 e. The van der Waals surface area contributed by atoms with Crippen LogP contribution in [-0.4, -0.2) is 55.2 Å². The highest BCUT2D eigenvalue weighted by Gasteiger charge is 2.35. The number of sulfonamides is 1. The number of primary amides is 1. The van der Waals surface area contributed by atoms with Crippen LogP contribution < -0.4 is 15.8 Å². The molecule has 0 spiro atoms. The van der Waals surface area contributed by atoms with Gasteiger partial charge in [-0.15, -0.1) is 11.3 Å². The molecule has 138 valence electrons. The van der Waals surface area contributed by atoms with E-state index in [0.29, 0.717) is 0 Å². The van der Waals surface area contributed by atoms with Gasteiger partial charge in [-0.05, 0) is 11.4 Å². The topological polar surface area (TPSA) is 159 Å². The van der Waals surface area contributed by atoms with Crippen molar-refractivity contribution < 1.29 is 28.2 Å². The van der Waals surface area contributed by atoms with E-state index in [-0.39, 0.29) is 29.2 Å². The quantitative estimate of drug-likeness (QED) is 0.379. The van der Waals surface area contributed by atoms with Crippen LogP contribution in [0.25, 0.3) is 0 Å². The first-order chi connectivity index (χ1) is 11.7. The van der Waals surface area contributed by atoms with E-state index in [2.05, 4.69) is 10.0 Å². The lowest BCUT2D eigenvalue weighted by Crippen LogP contribution is -2.50. The summed E-state index contributed by atoms with van der Waals surface area (Å²) < 4.78 is 26.9. The van der Waals surface area contributed by atoms with E-state index in [0.717, 1.165) is 11.3 Å². The van der Waals surface area contributed by atoms with Crippen LogP contribution in [0.15, 0.2) is 33.4 Å². The first-order valence-corrected chi connectivity index (χ1v) is 9.76. The summed E-state index contributed by atoms with van der Waals surface area (Å²) >= 11 is 1.00. The van der Waals surface area contributed by atoms with Crippen molar-refractivity contribution in [3.05, 3.63) is 29.2 Å². The van der Waals surface area contributed by atoms with Crippen molar-refractivity contribution in [3.63, 3.8) is 0 Å². The van der Waals surface area contributed by atoms with Crippen LogP contribution in [0.3, 0.4) is 0 Å². The molecule has 1 heterocycles. The maximum atomic E-state index is 12.3. The number of nitrogens with one attached hydrogen (secondary N) is 2. The van der Waals surface area contributed by atoms with Gasteiger partial charge in [0, 0.05) is 25.0 Å². The lowest BCUT2D eigenvalue weighted by molar-refractivity contribution is -0.119. The molecule has 3 atom stereocenters. The summed E-state index contributed by atoms with van der Waals surface area (Å²) in [6.45, 7) is 0.0236. The molecule has 0 saturated carbocycles. The van der Waals surface area contributed by atoms with Gasteiger partial charge in [-0.3, -0.25) is 9.59 Å². The summed E-state index contributed by atoms with van der Waals surface area (Å²) in [5.74, 6) is -1.14. The number of carbonyl (C=O) groups excluding carboxylic acids is 2. The van der Waals surface area contributed by atoms with E-state index >= 15 is 0 Å². The molecule has 0 unspecified atom stereocenters. The van der Waals surface area contributed by atoms with Crippen molar-refractivity contribution in [3.8, 4) is 0 Å². The molecule has 1 aliphatic rings. The SMILES string of the molecule is NC(=O)CCNC(=O)C1=C[C@@H](NS(=O)(=O)c2cccs2)[C@@H](O)[C@H](O)C1. The van der Waals surface area contributed by atoms with Crippen molar-refractivity contribution in [2.24, 2.45) is 5.73 Å². The zero-order valence-corrected chi connectivity index (χ0v) is 14.7. The summed E-state index contributed by atoms with van der Waals surface area (Å²) in [6, 6.07) is 1.81. The molecule has 0 bridgehead atoms. The minimum absolute atomic E-state index is 0.0236. The van der Waals surface area contributed by atoms with Gasteiger partial charge in [-0.1, -0.05) is 12.1 Å². The summed E-state index contributed by atoms with van der Waals surface area (Å²) in [5.41, 5.74) is 5.09. The van der Waals surface area contributed by atoms with Gasteiger partial charge in [0.05, 0.1) is 12.1 Å². The van der Waals surface area contributed by atoms with Crippen LogP contribution in [0, 0.1) is 0 Å². The minimum atomic E-state index is -3.89. The van der Waals surface area contributed by atoms with Gasteiger partial charge in [-0.2, -0.15) is 0 Å². The Morgan fingerprint density at radius 2 is 2.08 bits per heavy atom. The van der Waals surface area contributed by atoms with Gasteiger partial charge in [0.2, 0.25) is 11.8 Å². The van der Waals surface area contributed by atoms with Crippen LogP contribution in [-0.2, 0) is 19.6 Å². The molecule has 0 saturated heterocycles. The molecule has 0 fully saturated rings. The molecule has 1 aliphatic carbocycles. The van der Waals surface area contributed by atoms with Gasteiger partial charge < -0.3 is 21.3 Å². The second-order valence-electron chi connectivity index (χ2n) is 5.51. The van der Waals surface area contributed by atoms with Crippen molar-refractivity contribution in [1.29, 1.82) is 0 Å². The summed E-state index contributed by atoms with van der Waals surface area (Å²) in [4.78, 5) is 22.8. The first kappa shape index (κ1) is 19.5. The van der Waals surface area contributed by atoms with E-state index in [1.807, 2.05) is 0 Å². The Balaban J connectivity index is 2.13. The first-order valence-electron chi connectivity index (χ1n) is 7.40. The van der Waals surface area contributed by atoms with Crippen LogP contribution in [0.1, 0.15) is 12.8 Å². The van der Waals surface area contributed by atoms with Crippen molar-refractivity contribution in [2.45, 2.75) is 35.3 Å². The van der Waals surface area contributed by atoms with E-state index in [1.165, 1.54) is 12.1 Å². The zero-order chi connectivity index (χ0) is 18.6. The number of aliphatic hydroxyl groups excluding tert-OH is 2. The number of carbonyl (C=O) groups is 2. The Bertz CT molecular complexity index is 760. The second kappa shape index (κ2) is 8.06. The fourth-order valence-electron chi connectivity index (χ4n) is 2.31. The van der Waals surface area contributed by atoms with Crippen molar-refractivity contribution in [2.75, 3.05) is 6.54 Å². The molecule has 2 rings (SSSR count). The third kappa shape index (κ3) is 5.09. The second-order valence-corrected chi connectivity index (χ2v) is 8.39. The summed E-state index contributed by atoms with van der Waals surface area (Å²) in [7, 11) is -3.89. The lowest BCUT2D eigenvalue weighted by Gasteiger charge is -2.30. The Morgan fingerprint density at radius 3 is 2.68 bits per heavy atom. The smallest absolute Gasteiger partial charge is 0.250 e. The molecule has 0 radical (unpaired) electrons. The molecule has 9 nitrogen and oxygen atoms in total. The lowest BCUT2D eigenvalue weighted by atomic mass is 9.90. The molecule has 1 aromatic rings. The van der Waals surface area contributed by atoms with Gasteiger partial charge in [-0.25, -0.2) is 13.1 Å². The number of hydrogen-bond donors (Lipinski definition) is 5. The maximum absolute atomic E-state index is 12.3. The molecule has 1 aromatic heterocycles. The van der Waals surface area contributed by atoms with E-state index in [4.69, 9.17) is 5.73 Å². The number of rotatable bonds is 7. The predicted octanol–water partition coefficient (Wildman–Crippen LogP) is -1.56. The van der Waals surface area contributed by atoms with E-state index in [9.17, 15) is 28.2 Å². The van der Waals surface area contributed by atoms with Gasteiger partial charge in [0.1, 0.15) is 10.3 Å². The van der Waals surface area contributed by atoms with Crippen LogP contribution in [0.4, 0.5) is 0 Å². The fraction of sp³-hybridized carbons (Fsp3) is 0.429. The highest BCUT2D eigenvalue weighted by atomic mass is 32.2. The van der Waals surface area contributed by atoms with Crippen LogP contribution in [0.2, 0.25) is 0 Å². The van der Waals surface area contributed by atoms with Crippen LogP contribution >= 0.6 is 11.3 Å². The minimum Gasteiger partial charge on any atom is -0.390 e.